The number of aliphatic carboxylic acids is 1. The van der Waals surface area contributed by atoms with Crippen molar-refractivity contribution in [1.82, 2.24) is 0 Å². The van der Waals surface area contributed by atoms with Gasteiger partial charge in [0.1, 0.15) is 30.2 Å². The lowest BCUT2D eigenvalue weighted by Gasteiger charge is -2.50. The molecule has 0 amide bonds. The second kappa shape index (κ2) is 8.41. The van der Waals surface area contributed by atoms with Gasteiger partial charge < -0.3 is 45.2 Å². The van der Waals surface area contributed by atoms with Gasteiger partial charge in [0, 0.05) is 5.41 Å². The zero-order valence-electron chi connectivity index (χ0n) is 18.8. The molecule has 2 saturated carbocycles. The van der Waals surface area contributed by atoms with Crippen LogP contribution in [0.1, 0.15) is 43.2 Å². The van der Waals surface area contributed by atoms with Crippen molar-refractivity contribution >= 4 is 5.97 Å². The molecular formula is C24H32O10. The van der Waals surface area contributed by atoms with Crippen molar-refractivity contribution in [3.05, 3.63) is 29.3 Å². The molecule has 1 aliphatic heterocycles. The molecular weight excluding hydrogens is 448 g/mol. The summed E-state index contributed by atoms with van der Waals surface area (Å²) in [5.41, 5.74) is 1.61. The van der Waals surface area contributed by atoms with Crippen LogP contribution in [-0.4, -0.2) is 90.7 Å². The summed E-state index contributed by atoms with van der Waals surface area (Å²) in [4.78, 5) is 11.3. The van der Waals surface area contributed by atoms with Gasteiger partial charge in [-0.25, -0.2) is 4.79 Å². The molecule has 1 aromatic carbocycles. The standard InChI is InChI=1S/C24H32O10/c1-24-7-6-12-11-5-3-10(33-23-19(29)16(26)17(27)20(34-23)22(31)32)8-9(11)2-4-13(12)14(24)15(25)18(28)21(24)30/h3,5,8,12-21,23,25-30H,2,4,6-7H2,1H3,(H,31,32)/t12-,13-,14-,15-,16+,17+,18-,19-,20+,21+,23-,24+/m1/s1. The number of aryl methyl sites for hydroxylation is 1. The van der Waals surface area contributed by atoms with E-state index in [1.807, 2.05) is 13.0 Å². The number of benzene rings is 1. The Morgan fingerprint density at radius 1 is 1.00 bits per heavy atom. The minimum atomic E-state index is -1.78. The number of aliphatic hydroxyl groups is 6. The van der Waals surface area contributed by atoms with E-state index in [4.69, 9.17) is 9.47 Å². The summed E-state index contributed by atoms with van der Waals surface area (Å²) in [7, 11) is 0. The number of hydrogen-bond acceptors (Lipinski definition) is 9. The Labute approximate surface area is 196 Å². The summed E-state index contributed by atoms with van der Waals surface area (Å²) < 4.78 is 10.9. The summed E-state index contributed by atoms with van der Waals surface area (Å²) in [6, 6.07) is 5.40. The number of carboxylic acids is 1. The normalized spacial score (nSPS) is 47.9. The van der Waals surface area contributed by atoms with Gasteiger partial charge in [0.25, 0.3) is 0 Å². The molecule has 0 unspecified atom stereocenters. The Hall–Kier alpha value is -1.79. The van der Waals surface area contributed by atoms with E-state index in [0.29, 0.717) is 18.6 Å². The first-order valence-corrected chi connectivity index (χ1v) is 11.8. The van der Waals surface area contributed by atoms with Crippen LogP contribution < -0.4 is 4.74 Å². The fraction of sp³-hybridized carbons (Fsp3) is 0.708. The van der Waals surface area contributed by atoms with E-state index < -0.39 is 60.4 Å². The van der Waals surface area contributed by atoms with E-state index in [2.05, 4.69) is 0 Å². The number of rotatable bonds is 3. The first-order valence-electron chi connectivity index (χ1n) is 11.8. The van der Waals surface area contributed by atoms with Crippen molar-refractivity contribution in [2.75, 3.05) is 0 Å². The van der Waals surface area contributed by atoms with Crippen molar-refractivity contribution in [3.63, 3.8) is 0 Å². The molecule has 12 atom stereocenters. The van der Waals surface area contributed by atoms with E-state index in [9.17, 15) is 40.5 Å². The lowest BCUT2D eigenvalue weighted by molar-refractivity contribution is -0.271. The quantitative estimate of drug-likeness (QED) is 0.287. The van der Waals surface area contributed by atoms with E-state index in [1.165, 1.54) is 0 Å². The van der Waals surface area contributed by atoms with Crippen molar-refractivity contribution < 1.29 is 50.0 Å². The zero-order valence-corrected chi connectivity index (χ0v) is 18.8. The molecule has 188 valence electrons. The molecule has 3 fully saturated rings. The van der Waals surface area contributed by atoms with Gasteiger partial charge in [0.15, 0.2) is 6.10 Å². The van der Waals surface area contributed by atoms with Gasteiger partial charge in [-0.05, 0) is 66.7 Å². The SMILES string of the molecule is C[C@]12CC[C@@H]3c4ccc(O[C@@H]5O[C@H](C(=O)O)[C@@H](O)[C@H](O)[C@H]5O)cc4CC[C@H]3[C@@H]1[C@@H](O)[C@@H](O)[C@@H]2O. The van der Waals surface area contributed by atoms with Crippen molar-refractivity contribution in [2.24, 2.45) is 17.3 Å². The molecule has 10 nitrogen and oxygen atoms in total. The zero-order chi connectivity index (χ0) is 24.5. The third-order valence-electron chi connectivity index (χ3n) is 8.78. The summed E-state index contributed by atoms with van der Waals surface area (Å²) in [5, 5.41) is 70.9. The number of carboxylic acid groups (broad SMARTS) is 1. The van der Waals surface area contributed by atoms with E-state index in [0.717, 1.165) is 24.0 Å². The monoisotopic (exact) mass is 480 g/mol. The Bertz CT molecular complexity index is 954. The van der Waals surface area contributed by atoms with Gasteiger partial charge in [0.2, 0.25) is 6.29 Å². The number of ether oxygens (including phenoxy) is 2. The van der Waals surface area contributed by atoms with Crippen molar-refractivity contribution in [2.45, 2.75) is 87.5 Å². The largest absolute Gasteiger partial charge is 0.479 e. The Morgan fingerprint density at radius 3 is 2.44 bits per heavy atom. The lowest BCUT2D eigenvalue weighted by Crippen LogP contribution is -2.61. The van der Waals surface area contributed by atoms with Crippen LogP contribution in [0, 0.1) is 17.3 Å². The highest BCUT2D eigenvalue weighted by molar-refractivity contribution is 5.73. The maximum absolute atomic E-state index is 11.3. The minimum Gasteiger partial charge on any atom is -0.479 e. The first kappa shape index (κ1) is 23.9. The van der Waals surface area contributed by atoms with Crippen LogP contribution in [0.5, 0.6) is 5.75 Å². The van der Waals surface area contributed by atoms with Crippen LogP contribution >= 0.6 is 0 Å². The molecule has 0 radical (unpaired) electrons. The third kappa shape index (κ3) is 3.47. The summed E-state index contributed by atoms with van der Waals surface area (Å²) in [6.07, 6.45) is -8.46. The van der Waals surface area contributed by atoms with Gasteiger partial charge in [-0.1, -0.05) is 13.0 Å². The lowest BCUT2D eigenvalue weighted by atomic mass is 9.55. The van der Waals surface area contributed by atoms with E-state index in [1.54, 1.807) is 12.1 Å². The molecule has 10 heteroatoms. The fourth-order valence-electron chi connectivity index (χ4n) is 6.97. The second-order valence-corrected chi connectivity index (χ2v) is 10.5. The highest BCUT2D eigenvalue weighted by atomic mass is 16.7. The molecule has 34 heavy (non-hydrogen) atoms. The first-order chi connectivity index (χ1) is 16.0. The second-order valence-electron chi connectivity index (χ2n) is 10.5. The van der Waals surface area contributed by atoms with E-state index >= 15 is 0 Å². The summed E-state index contributed by atoms with van der Waals surface area (Å²) in [5.74, 6) is -1.06. The Balaban J connectivity index is 1.36. The molecule has 5 rings (SSSR count). The number of fused-ring (bicyclic) bond motifs is 5. The van der Waals surface area contributed by atoms with E-state index in [-0.39, 0.29) is 17.8 Å². The van der Waals surface area contributed by atoms with Gasteiger partial charge in [-0.15, -0.1) is 0 Å². The number of hydrogen-bond donors (Lipinski definition) is 7. The minimum absolute atomic E-state index is 0.122. The molecule has 7 N–H and O–H groups in total. The predicted octanol–water partition coefficient (Wildman–Crippen LogP) is -0.884. The van der Waals surface area contributed by atoms with Crippen molar-refractivity contribution in [3.8, 4) is 5.75 Å². The molecule has 1 saturated heterocycles. The Kier molecular flexibility index (Phi) is 5.92. The van der Waals surface area contributed by atoms with Crippen molar-refractivity contribution in [1.29, 1.82) is 0 Å². The number of aliphatic hydroxyl groups excluding tert-OH is 6. The molecule has 0 aromatic heterocycles. The summed E-state index contributed by atoms with van der Waals surface area (Å²) in [6.45, 7) is 1.95. The van der Waals surface area contributed by atoms with Gasteiger partial charge >= 0.3 is 5.97 Å². The average Bonchev–Trinajstić information content (AvgIpc) is 2.98. The summed E-state index contributed by atoms with van der Waals surface area (Å²) >= 11 is 0. The average molecular weight is 481 g/mol. The van der Waals surface area contributed by atoms with Gasteiger partial charge in [-0.2, -0.15) is 0 Å². The molecule has 1 aromatic rings. The fourth-order valence-corrected chi connectivity index (χ4v) is 6.97. The van der Waals surface area contributed by atoms with Crippen LogP contribution in [0.25, 0.3) is 0 Å². The van der Waals surface area contributed by atoms with Crippen LogP contribution in [0.2, 0.25) is 0 Å². The van der Waals surface area contributed by atoms with Gasteiger partial charge in [-0.3, -0.25) is 0 Å². The van der Waals surface area contributed by atoms with Gasteiger partial charge in [0.05, 0.1) is 12.2 Å². The topological polar surface area (TPSA) is 177 Å². The molecule has 0 bridgehead atoms. The maximum Gasteiger partial charge on any atom is 0.335 e. The predicted molar refractivity (Wildman–Crippen MR) is 115 cm³/mol. The molecule has 3 aliphatic carbocycles. The Morgan fingerprint density at radius 2 is 1.74 bits per heavy atom. The smallest absolute Gasteiger partial charge is 0.335 e. The number of carbonyl (C=O) groups is 1. The van der Waals surface area contributed by atoms with Crippen LogP contribution in [0.3, 0.4) is 0 Å². The molecule has 4 aliphatic rings. The van der Waals surface area contributed by atoms with Crippen LogP contribution in [-0.2, 0) is 16.0 Å². The molecule has 0 spiro atoms. The molecule has 1 heterocycles. The maximum atomic E-state index is 11.3. The van der Waals surface area contributed by atoms with Crippen LogP contribution in [0.4, 0.5) is 0 Å². The third-order valence-corrected chi connectivity index (χ3v) is 8.78. The highest BCUT2D eigenvalue weighted by Crippen LogP contribution is 2.61. The highest BCUT2D eigenvalue weighted by Gasteiger charge is 2.62. The van der Waals surface area contributed by atoms with Crippen LogP contribution in [0.15, 0.2) is 18.2 Å².